The zero-order valence-electron chi connectivity index (χ0n) is 7.35. The fourth-order valence-corrected chi connectivity index (χ4v) is 1.91. The van der Waals surface area contributed by atoms with Gasteiger partial charge in [0.2, 0.25) is 5.28 Å². The summed E-state index contributed by atoms with van der Waals surface area (Å²) in [5.74, 6) is 0. The minimum absolute atomic E-state index is 0.206. The first kappa shape index (κ1) is 8.88. The van der Waals surface area contributed by atoms with Gasteiger partial charge in [0.25, 0.3) is 0 Å². The van der Waals surface area contributed by atoms with E-state index in [0.717, 1.165) is 10.8 Å². The summed E-state index contributed by atoms with van der Waals surface area (Å²) < 4.78 is 1.42. The monoisotopic (exact) mass is 238 g/mol. The van der Waals surface area contributed by atoms with E-state index in [9.17, 15) is 0 Å². The Bertz CT molecular complexity index is 662. The van der Waals surface area contributed by atoms with E-state index in [0.29, 0.717) is 10.8 Å². The number of hydrogen-bond acceptors (Lipinski definition) is 3. The summed E-state index contributed by atoms with van der Waals surface area (Å²) in [6, 6.07) is 7.59. The Balaban J connectivity index is 2.65. The van der Waals surface area contributed by atoms with Crippen molar-refractivity contribution in [2.24, 2.45) is 0 Å². The number of fused-ring (bicyclic) bond motifs is 3. The second-order valence-corrected chi connectivity index (χ2v) is 3.74. The molecule has 3 rings (SSSR count). The van der Waals surface area contributed by atoms with E-state index in [2.05, 4.69) is 15.3 Å². The van der Waals surface area contributed by atoms with Crippen LogP contribution in [0.1, 0.15) is 0 Å². The van der Waals surface area contributed by atoms with E-state index in [-0.39, 0.29) is 5.28 Å². The Morgan fingerprint density at radius 2 is 1.73 bits per heavy atom. The third-order valence-corrected chi connectivity index (χ3v) is 2.70. The van der Waals surface area contributed by atoms with E-state index in [1.807, 2.05) is 24.3 Å². The summed E-state index contributed by atoms with van der Waals surface area (Å²) in [5.41, 5.74) is 0.611. The van der Waals surface area contributed by atoms with Gasteiger partial charge >= 0.3 is 0 Å². The maximum absolute atomic E-state index is 6.02. The van der Waals surface area contributed by atoms with Gasteiger partial charge in [0.15, 0.2) is 10.8 Å². The Kier molecular flexibility index (Phi) is 1.81. The van der Waals surface area contributed by atoms with E-state index in [1.54, 1.807) is 0 Å². The zero-order chi connectivity index (χ0) is 10.4. The molecule has 0 aliphatic carbocycles. The van der Waals surface area contributed by atoms with Crippen molar-refractivity contribution in [3.63, 3.8) is 0 Å². The quantitative estimate of drug-likeness (QED) is 0.605. The van der Waals surface area contributed by atoms with Crippen LogP contribution in [0, 0.1) is 0 Å². The molecule has 74 valence electrons. The van der Waals surface area contributed by atoms with Gasteiger partial charge in [-0.2, -0.15) is 9.61 Å². The van der Waals surface area contributed by atoms with Gasteiger partial charge in [-0.05, 0) is 11.6 Å². The molecule has 0 saturated heterocycles. The van der Waals surface area contributed by atoms with E-state index < -0.39 is 0 Å². The summed E-state index contributed by atoms with van der Waals surface area (Å²) >= 11 is 11.8. The molecule has 0 unspecified atom stereocenters. The predicted molar refractivity (Wildman–Crippen MR) is 58.3 cm³/mol. The summed E-state index contributed by atoms with van der Waals surface area (Å²) in [5, 5.41) is 14.1. The summed E-state index contributed by atoms with van der Waals surface area (Å²) in [6.45, 7) is 0. The fourth-order valence-electron chi connectivity index (χ4n) is 1.52. The molecule has 4 nitrogen and oxygen atoms in total. The Hall–Kier alpha value is -1.39. The maximum atomic E-state index is 6.02. The number of aromatic nitrogens is 4. The van der Waals surface area contributed by atoms with Crippen LogP contribution in [-0.4, -0.2) is 19.8 Å². The van der Waals surface area contributed by atoms with Gasteiger partial charge in [-0.15, -0.1) is 10.2 Å². The van der Waals surface area contributed by atoms with E-state index in [4.69, 9.17) is 23.2 Å². The zero-order valence-corrected chi connectivity index (χ0v) is 8.87. The van der Waals surface area contributed by atoms with Crippen LogP contribution in [-0.2, 0) is 0 Å². The van der Waals surface area contributed by atoms with Crippen LogP contribution < -0.4 is 0 Å². The topological polar surface area (TPSA) is 43.1 Å². The first-order chi connectivity index (χ1) is 7.27. The lowest BCUT2D eigenvalue weighted by Gasteiger charge is -2.00. The van der Waals surface area contributed by atoms with E-state index >= 15 is 0 Å². The highest BCUT2D eigenvalue weighted by Crippen LogP contribution is 2.24. The van der Waals surface area contributed by atoms with Crippen molar-refractivity contribution in [3.8, 4) is 0 Å². The van der Waals surface area contributed by atoms with Crippen molar-refractivity contribution in [1.29, 1.82) is 0 Å². The van der Waals surface area contributed by atoms with Crippen LogP contribution in [0.5, 0.6) is 0 Å². The number of benzene rings is 1. The van der Waals surface area contributed by atoms with Crippen LogP contribution in [0.4, 0.5) is 0 Å². The molecule has 0 N–H and O–H groups in total. The van der Waals surface area contributed by atoms with Crippen LogP contribution in [0.25, 0.3) is 16.4 Å². The highest BCUT2D eigenvalue weighted by atomic mass is 35.5. The summed E-state index contributed by atoms with van der Waals surface area (Å²) in [4.78, 5) is 0. The molecule has 0 saturated carbocycles. The van der Waals surface area contributed by atoms with Crippen LogP contribution in [0.15, 0.2) is 24.3 Å². The molecule has 0 fully saturated rings. The molecular weight excluding hydrogens is 235 g/mol. The highest BCUT2D eigenvalue weighted by molar-refractivity contribution is 6.35. The SMILES string of the molecule is Clc1nn2c(Cl)nnc2c2ccccc12. The minimum Gasteiger partial charge on any atom is -0.181 e. The molecule has 0 atom stereocenters. The average molecular weight is 239 g/mol. The smallest absolute Gasteiger partial charge is 0.181 e. The normalized spacial score (nSPS) is 11.3. The van der Waals surface area contributed by atoms with E-state index in [1.165, 1.54) is 4.52 Å². The van der Waals surface area contributed by atoms with Gasteiger partial charge in [0, 0.05) is 10.8 Å². The molecule has 0 amide bonds. The summed E-state index contributed by atoms with van der Waals surface area (Å²) in [6.07, 6.45) is 0. The van der Waals surface area contributed by atoms with Crippen molar-refractivity contribution in [2.45, 2.75) is 0 Å². The second-order valence-electron chi connectivity index (χ2n) is 3.04. The number of nitrogens with zero attached hydrogens (tertiary/aromatic N) is 4. The van der Waals surface area contributed by atoms with Crippen molar-refractivity contribution in [1.82, 2.24) is 19.8 Å². The van der Waals surface area contributed by atoms with Gasteiger partial charge in [-0.3, -0.25) is 0 Å². The van der Waals surface area contributed by atoms with Gasteiger partial charge < -0.3 is 0 Å². The number of rotatable bonds is 0. The molecule has 0 bridgehead atoms. The van der Waals surface area contributed by atoms with Gasteiger partial charge in [0.05, 0.1) is 0 Å². The molecule has 0 aliphatic rings. The standard InChI is InChI=1S/C9H4Cl2N4/c10-7-5-3-1-2-4-6(5)8-12-13-9(11)15(8)14-7/h1-4H. The molecule has 2 aromatic heterocycles. The van der Waals surface area contributed by atoms with Crippen molar-refractivity contribution in [2.75, 3.05) is 0 Å². The average Bonchev–Trinajstić information content (AvgIpc) is 2.62. The molecule has 0 aliphatic heterocycles. The Labute approximate surface area is 94.4 Å². The lowest BCUT2D eigenvalue weighted by atomic mass is 10.2. The number of halogens is 2. The van der Waals surface area contributed by atoms with Gasteiger partial charge in [-0.1, -0.05) is 35.9 Å². The molecule has 3 aromatic rings. The van der Waals surface area contributed by atoms with Crippen molar-refractivity contribution in [3.05, 3.63) is 34.7 Å². The third kappa shape index (κ3) is 1.19. The molecule has 0 radical (unpaired) electrons. The van der Waals surface area contributed by atoms with Crippen LogP contribution >= 0.6 is 23.2 Å². The van der Waals surface area contributed by atoms with Gasteiger partial charge in [0.1, 0.15) is 0 Å². The first-order valence-corrected chi connectivity index (χ1v) is 4.98. The lowest BCUT2D eigenvalue weighted by molar-refractivity contribution is 0.937. The third-order valence-electron chi connectivity index (χ3n) is 2.18. The molecule has 0 spiro atoms. The lowest BCUT2D eigenvalue weighted by Crippen LogP contribution is -1.93. The van der Waals surface area contributed by atoms with Gasteiger partial charge in [-0.25, -0.2) is 0 Å². The summed E-state index contributed by atoms with van der Waals surface area (Å²) in [7, 11) is 0. The molecule has 1 aromatic carbocycles. The van der Waals surface area contributed by atoms with Crippen LogP contribution in [0.2, 0.25) is 10.4 Å². The predicted octanol–water partition coefficient (Wildman–Crippen LogP) is 2.58. The first-order valence-electron chi connectivity index (χ1n) is 4.22. The minimum atomic E-state index is 0.206. The molecule has 2 heterocycles. The highest BCUT2D eigenvalue weighted by Gasteiger charge is 2.10. The molecule has 15 heavy (non-hydrogen) atoms. The van der Waals surface area contributed by atoms with Crippen LogP contribution in [0.3, 0.4) is 0 Å². The Morgan fingerprint density at radius 3 is 2.53 bits per heavy atom. The Morgan fingerprint density at radius 1 is 1.00 bits per heavy atom. The molecular formula is C9H4Cl2N4. The fraction of sp³-hybridized carbons (Fsp3) is 0. The van der Waals surface area contributed by atoms with Crippen molar-refractivity contribution < 1.29 is 0 Å². The molecule has 6 heteroatoms. The van der Waals surface area contributed by atoms with Crippen molar-refractivity contribution >= 4 is 39.6 Å². The number of hydrogen-bond donors (Lipinski definition) is 0. The largest absolute Gasteiger partial charge is 0.246 e. The second kappa shape index (κ2) is 3.05. The maximum Gasteiger partial charge on any atom is 0.246 e.